The van der Waals surface area contributed by atoms with E-state index in [-0.39, 0.29) is 0 Å². The lowest BCUT2D eigenvalue weighted by atomic mass is 9.94. The van der Waals surface area contributed by atoms with Gasteiger partial charge >= 0.3 is 0 Å². The second-order valence-electron chi connectivity index (χ2n) is 14.7. The molecular formula is C53H32N2O2. The molecule has 266 valence electrons. The Bertz CT molecular complexity index is 3520. The molecule has 4 heteroatoms. The third kappa shape index (κ3) is 4.98. The summed E-state index contributed by atoms with van der Waals surface area (Å²) in [6.45, 7) is 0. The zero-order chi connectivity index (χ0) is 37.5. The average molecular weight is 729 g/mol. The molecule has 0 saturated carbocycles. The molecule has 12 aromatic rings. The van der Waals surface area contributed by atoms with Gasteiger partial charge in [0.05, 0.1) is 22.4 Å². The first-order valence-electron chi connectivity index (χ1n) is 19.3. The minimum absolute atomic E-state index is 0.847. The van der Waals surface area contributed by atoms with E-state index in [1.165, 1.54) is 27.4 Å². The highest BCUT2D eigenvalue weighted by Gasteiger charge is 2.20. The zero-order valence-corrected chi connectivity index (χ0v) is 30.7. The van der Waals surface area contributed by atoms with Crippen LogP contribution in [-0.4, -0.2) is 9.55 Å². The largest absolute Gasteiger partial charge is 0.456 e. The van der Waals surface area contributed by atoms with Gasteiger partial charge in [-0.05, 0) is 95.1 Å². The summed E-state index contributed by atoms with van der Waals surface area (Å²) in [4.78, 5) is 5.25. The van der Waals surface area contributed by atoms with Crippen molar-refractivity contribution in [1.29, 1.82) is 0 Å². The lowest BCUT2D eigenvalue weighted by Gasteiger charge is -2.12. The Morgan fingerprint density at radius 3 is 1.81 bits per heavy atom. The maximum absolute atomic E-state index is 6.60. The highest BCUT2D eigenvalue weighted by Crippen LogP contribution is 2.43. The van der Waals surface area contributed by atoms with E-state index in [2.05, 4.69) is 180 Å². The number of benzene rings is 8. The second kappa shape index (κ2) is 12.4. The molecule has 0 spiro atoms. The third-order valence-electron chi connectivity index (χ3n) is 11.4. The van der Waals surface area contributed by atoms with Crippen LogP contribution < -0.4 is 0 Å². The van der Waals surface area contributed by atoms with E-state index in [1.54, 1.807) is 0 Å². The van der Waals surface area contributed by atoms with E-state index in [0.717, 1.165) is 88.8 Å². The monoisotopic (exact) mass is 728 g/mol. The summed E-state index contributed by atoms with van der Waals surface area (Å²) in [5, 5.41) is 6.82. The van der Waals surface area contributed by atoms with E-state index >= 15 is 0 Å². The Kier molecular flexibility index (Phi) is 6.89. The lowest BCUT2D eigenvalue weighted by Crippen LogP contribution is -1.92. The highest BCUT2D eigenvalue weighted by atomic mass is 16.3. The normalized spacial score (nSPS) is 11.9. The van der Waals surface area contributed by atoms with E-state index < -0.39 is 0 Å². The molecule has 0 saturated heterocycles. The summed E-state index contributed by atoms with van der Waals surface area (Å²) in [6.07, 6.45) is 0. The summed E-state index contributed by atoms with van der Waals surface area (Å²) in [7, 11) is 0. The summed E-state index contributed by atoms with van der Waals surface area (Å²) in [5.74, 6) is 0. The first kappa shape index (κ1) is 31.6. The van der Waals surface area contributed by atoms with Crippen LogP contribution in [0.25, 0.3) is 116 Å². The molecule has 0 N–H and O–H groups in total. The van der Waals surface area contributed by atoms with Crippen molar-refractivity contribution in [1.82, 2.24) is 9.55 Å². The predicted molar refractivity (Wildman–Crippen MR) is 235 cm³/mol. The standard InChI is InChI=1S/C53H32N2O2/c1-3-13-33(14-4-1)44-30-36(31-45(54-44)35-25-27-41-40-17-8-10-23-48(40)57-51(41)32-35)39-20-12-24-50-53(39)43-29-34(26-28-49(43)56-50)38-19-11-22-47-52(38)42-18-7-9-21-46(42)55(47)37-15-5-2-6-16-37/h1-32H. The van der Waals surface area contributed by atoms with E-state index in [4.69, 9.17) is 13.8 Å². The highest BCUT2D eigenvalue weighted by molar-refractivity contribution is 6.18. The molecule has 4 heterocycles. The first-order valence-corrected chi connectivity index (χ1v) is 19.3. The van der Waals surface area contributed by atoms with Crippen molar-refractivity contribution in [2.24, 2.45) is 0 Å². The van der Waals surface area contributed by atoms with Crippen molar-refractivity contribution in [3.63, 3.8) is 0 Å². The van der Waals surface area contributed by atoms with Crippen molar-refractivity contribution in [2.45, 2.75) is 0 Å². The third-order valence-corrected chi connectivity index (χ3v) is 11.4. The van der Waals surface area contributed by atoms with Gasteiger partial charge in [-0.2, -0.15) is 0 Å². The molecule has 12 rings (SSSR count). The molecule has 0 radical (unpaired) electrons. The summed E-state index contributed by atoms with van der Waals surface area (Å²) >= 11 is 0. The Morgan fingerprint density at radius 2 is 0.947 bits per heavy atom. The van der Waals surface area contributed by atoms with Crippen LogP contribution in [0, 0.1) is 0 Å². The van der Waals surface area contributed by atoms with Gasteiger partial charge in [0, 0.05) is 49.1 Å². The van der Waals surface area contributed by atoms with Gasteiger partial charge in [0.2, 0.25) is 0 Å². The number of para-hydroxylation sites is 3. The van der Waals surface area contributed by atoms with Crippen LogP contribution in [0.2, 0.25) is 0 Å². The summed E-state index contributed by atoms with van der Waals surface area (Å²) < 4.78 is 15.3. The fourth-order valence-corrected chi connectivity index (χ4v) is 8.83. The number of rotatable bonds is 5. The molecule has 0 fully saturated rings. The van der Waals surface area contributed by atoms with Crippen molar-refractivity contribution >= 4 is 65.7 Å². The molecule has 0 bridgehead atoms. The fraction of sp³-hybridized carbons (Fsp3) is 0. The maximum Gasteiger partial charge on any atom is 0.136 e. The Labute approximate surface area is 327 Å². The Balaban J connectivity index is 1.07. The van der Waals surface area contributed by atoms with Crippen molar-refractivity contribution in [2.75, 3.05) is 0 Å². The molecule has 8 aromatic carbocycles. The number of hydrogen-bond donors (Lipinski definition) is 0. The van der Waals surface area contributed by atoms with Crippen LogP contribution in [0.3, 0.4) is 0 Å². The maximum atomic E-state index is 6.60. The fourth-order valence-electron chi connectivity index (χ4n) is 8.83. The smallest absolute Gasteiger partial charge is 0.136 e. The molecular weight excluding hydrogens is 697 g/mol. The molecule has 0 atom stereocenters. The summed E-state index contributed by atoms with van der Waals surface area (Å²) in [5.41, 5.74) is 15.2. The van der Waals surface area contributed by atoms with Gasteiger partial charge in [-0.3, -0.25) is 0 Å². The Morgan fingerprint density at radius 1 is 0.333 bits per heavy atom. The van der Waals surface area contributed by atoms with Crippen LogP contribution in [-0.2, 0) is 0 Å². The van der Waals surface area contributed by atoms with Gasteiger partial charge < -0.3 is 13.4 Å². The lowest BCUT2D eigenvalue weighted by molar-refractivity contribution is 0.668. The van der Waals surface area contributed by atoms with Gasteiger partial charge in [0.25, 0.3) is 0 Å². The number of pyridine rings is 1. The van der Waals surface area contributed by atoms with Gasteiger partial charge in [-0.25, -0.2) is 4.98 Å². The van der Waals surface area contributed by atoms with Crippen LogP contribution in [0.4, 0.5) is 0 Å². The first-order chi connectivity index (χ1) is 28.2. The number of nitrogens with zero attached hydrogens (tertiary/aromatic N) is 2. The van der Waals surface area contributed by atoms with E-state index in [1.807, 2.05) is 18.2 Å². The number of aromatic nitrogens is 2. The van der Waals surface area contributed by atoms with Crippen LogP contribution in [0.1, 0.15) is 0 Å². The molecule has 0 amide bonds. The van der Waals surface area contributed by atoms with E-state index in [9.17, 15) is 0 Å². The molecule has 4 aromatic heterocycles. The molecule has 4 nitrogen and oxygen atoms in total. The molecule has 0 aliphatic carbocycles. The van der Waals surface area contributed by atoms with Crippen LogP contribution in [0.5, 0.6) is 0 Å². The van der Waals surface area contributed by atoms with Gasteiger partial charge in [0.1, 0.15) is 22.3 Å². The molecule has 0 aliphatic heterocycles. The van der Waals surface area contributed by atoms with Gasteiger partial charge in [-0.1, -0.05) is 121 Å². The molecule has 57 heavy (non-hydrogen) atoms. The minimum Gasteiger partial charge on any atom is -0.456 e. The van der Waals surface area contributed by atoms with E-state index in [0.29, 0.717) is 0 Å². The van der Waals surface area contributed by atoms with Gasteiger partial charge in [-0.15, -0.1) is 0 Å². The number of hydrogen-bond acceptors (Lipinski definition) is 3. The summed E-state index contributed by atoms with van der Waals surface area (Å²) in [6, 6.07) is 68.4. The molecule has 0 aliphatic rings. The Hall–Kier alpha value is -7.69. The number of fused-ring (bicyclic) bond motifs is 9. The number of furan rings is 2. The van der Waals surface area contributed by atoms with Crippen LogP contribution >= 0.6 is 0 Å². The quantitative estimate of drug-likeness (QED) is 0.177. The second-order valence-corrected chi connectivity index (χ2v) is 14.7. The van der Waals surface area contributed by atoms with Crippen molar-refractivity contribution in [3.05, 3.63) is 194 Å². The zero-order valence-electron chi connectivity index (χ0n) is 30.7. The van der Waals surface area contributed by atoms with Crippen molar-refractivity contribution < 1.29 is 8.83 Å². The topological polar surface area (TPSA) is 44.1 Å². The van der Waals surface area contributed by atoms with Crippen LogP contribution in [0.15, 0.2) is 203 Å². The molecule has 0 unspecified atom stereocenters. The minimum atomic E-state index is 0.847. The average Bonchev–Trinajstić information content (AvgIpc) is 3.96. The predicted octanol–water partition coefficient (Wildman–Crippen LogP) is 14.6. The SMILES string of the molecule is c1ccc(-c2cc(-c3cccc4oc5ccc(-c6cccc7c6c6ccccc6n7-c6ccccc6)cc5c34)cc(-c3ccc4c(c3)oc3ccccc34)n2)cc1. The van der Waals surface area contributed by atoms with Gasteiger partial charge in [0.15, 0.2) is 0 Å². The van der Waals surface area contributed by atoms with Crippen molar-refractivity contribution in [3.8, 4) is 50.5 Å².